The number of rotatable bonds is 1. The van der Waals surface area contributed by atoms with Crippen LogP contribution in [0.25, 0.3) is 17.0 Å². The number of pyridine rings is 1. The van der Waals surface area contributed by atoms with Crippen molar-refractivity contribution in [2.45, 2.75) is 0 Å². The van der Waals surface area contributed by atoms with E-state index in [4.69, 9.17) is 5.26 Å². The van der Waals surface area contributed by atoms with Crippen LogP contribution in [-0.4, -0.2) is 24.8 Å². The summed E-state index contributed by atoms with van der Waals surface area (Å²) in [5.74, 6) is 0.310. The summed E-state index contributed by atoms with van der Waals surface area (Å²) in [6.45, 7) is 0. The van der Waals surface area contributed by atoms with Crippen LogP contribution in [0.4, 0.5) is 0 Å². The molecule has 0 radical (unpaired) electrons. The van der Waals surface area contributed by atoms with Crippen molar-refractivity contribution >= 4 is 5.65 Å². The first-order valence-corrected chi connectivity index (χ1v) is 5.45. The Kier molecular flexibility index (Phi) is 2.32. The highest BCUT2D eigenvalue weighted by Gasteiger charge is 2.10. The molecular formula is C13H8N4O2. The highest BCUT2D eigenvalue weighted by molar-refractivity contribution is 5.63. The van der Waals surface area contributed by atoms with Crippen LogP contribution in [0, 0.1) is 11.3 Å². The lowest BCUT2D eigenvalue weighted by molar-refractivity contribution is 0.451. The average molecular weight is 252 g/mol. The van der Waals surface area contributed by atoms with Crippen LogP contribution in [0.3, 0.4) is 0 Å². The minimum atomic E-state index is -0.0665. The second-order valence-corrected chi connectivity index (χ2v) is 4.02. The SMILES string of the molecule is N#Cc1ccc2nnc(-c3cc(O)cc(O)c3)n2c1. The smallest absolute Gasteiger partial charge is 0.168 e. The zero-order valence-corrected chi connectivity index (χ0v) is 9.65. The van der Waals surface area contributed by atoms with Gasteiger partial charge in [0.1, 0.15) is 17.6 Å². The molecule has 0 spiro atoms. The standard InChI is InChI=1S/C13H8N4O2/c14-6-8-1-2-12-15-16-13(17(12)7-8)9-3-10(18)5-11(19)4-9/h1-5,7,18-19H. The molecular weight excluding hydrogens is 244 g/mol. The number of hydrogen-bond acceptors (Lipinski definition) is 5. The maximum atomic E-state index is 9.50. The molecule has 0 amide bonds. The maximum absolute atomic E-state index is 9.50. The van der Waals surface area contributed by atoms with Crippen molar-refractivity contribution in [3.8, 4) is 29.0 Å². The van der Waals surface area contributed by atoms with E-state index in [9.17, 15) is 10.2 Å². The van der Waals surface area contributed by atoms with Crippen LogP contribution in [0.2, 0.25) is 0 Å². The van der Waals surface area contributed by atoms with Crippen LogP contribution >= 0.6 is 0 Å². The monoisotopic (exact) mass is 252 g/mol. The normalized spacial score (nSPS) is 10.5. The van der Waals surface area contributed by atoms with E-state index in [1.165, 1.54) is 18.2 Å². The number of aromatic nitrogens is 3. The summed E-state index contributed by atoms with van der Waals surface area (Å²) in [6, 6.07) is 9.52. The molecule has 6 nitrogen and oxygen atoms in total. The lowest BCUT2D eigenvalue weighted by atomic mass is 10.2. The van der Waals surface area contributed by atoms with E-state index < -0.39 is 0 Å². The van der Waals surface area contributed by atoms with E-state index in [0.29, 0.717) is 22.6 Å². The first-order chi connectivity index (χ1) is 9.17. The lowest BCUT2D eigenvalue weighted by Gasteiger charge is -2.02. The highest BCUT2D eigenvalue weighted by Crippen LogP contribution is 2.27. The quantitative estimate of drug-likeness (QED) is 0.687. The van der Waals surface area contributed by atoms with Crippen molar-refractivity contribution in [3.63, 3.8) is 0 Å². The van der Waals surface area contributed by atoms with E-state index in [-0.39, 0.29) is 11.5 Å². The fourth-order valence-electron chi connectivity index (χ4n) is 1.88. The van der Waals surface area contributed by atoms with Crippen LogP contribution < -0.4 is 0 Å². The molecule has 0 fully saturated rings. The van der Waals surface area contributed by atoms with E-state index in [0.717, 1.165) is 0 Å². The van der Waals surface area contributed by atoms with Gasteiger partial charge >= 0.3 is 0 Å². The first kappa shape index (κ1) is 11.0. The van der Waals surface area contributed by atoms with Gasteiger partial charge in [0.25, 0.3) is 0 Å². The van der Waals surface area contributed by atoms with Crippen molar-refractivity contribution in [2.75, 3.05) is 0 Å². The van der Waals surface area contributed by atoms with Crippen LogP contribution in [0.5, 0.6) is 11.5 Å². The molecule has 3 rings (SSSR count). The Morgan fingerprint density at radius 3 is 2.47 bits per heavy atom. The van der Waals surface area contributed by atoms with Gasteiger partial charge in [-0.2, -0.15) is 5.26 Å². The van der Waals surface area contributed by atoms with Crippen molar-refractivity contribution < 1.29 is 10.2 Å². The number of hydrogen-bond donors (Lipinski definition) is 2. The van der Waals surface area contributed by atoms with Gasteiger partial charge in [0.15, 0.2) is 11.5 Å². The molecule has 6 heteroatoms. The van der Waals surface area contributed by atoms with Gasteiger partial charge in [0, 0.05) is 17.8 Å². The summed E-state index contributed by atoms with van der Waals surface area (Å²) < 4.78 is 1.63. The van der Waals surface area contributed by atoms with E-state index in [1.54, 1.807) is 22.7 Å². The van der Waals surface area contributed by atoms with Crippen LogP contribution in [0.15, 0.2) is 36.5 Å². The maximum Gasteiger partial charge on any atom is 0.168 e. The van der Waals surface area contributed by atoms with E-state index in [2.05, 4.69) is 10.2 Å². The van der Waals surface area contributed by atoms with E-state index in [1.807, 2.05) is 6.07 Å². The molecule has 3 aromatic rings. The van der Waals surface area contributed by atoms with Gasteiger partial charge in [-0.1, -0.05) is 0 Å². The van der Waals surface area contributed by atoms with Gasteiger partial charge in [-0.3, -0.25) is 4.40 Å². The number of nitrogens with zero attached hydrogens (tertiary/aromatic N) is 4. The molecule has 92 valence electrons. The van der Waals surface area contributed by atoms with Gasteiger partial charge < -0.3 is 10.2 Å². The Bertz CT molecular complexity index is 797. The molecule has 0 saturated carbocycles. The van der Waals surface area contributed by atoms with Gasteiger partial charge in [0.2, 0.25) is 0 Å². The van der Waals surface area contributed by atoms with Gasteiger partial charge in [-0.05, 0) is 24.3 Å². The summed E-state index contributed by atoms with van der Waals surface area (Å²) >= 11 is 0. The fourth-order valence-corrected chi connectivity index (χ4v) is 1.88. The third-order valence-corrected chi connectivity index (χ3v) is 2.69. The highest BCUT2D eigenvalue weighted by atomic mass is 16.3. The predicted octanol–water partition coefficient (Wildman–Crippen LogP) is 1.68. The molecule has 0 unspecified atom stereocenters. The van der Waals surface area contributed by atoms with Gasteiger partial charge in [0.05, 0.1) is 5.56 Å². The van der Waals surface area contributed by atoms with Crippen LogP contribution in [0.1, 0.15) is 5.56 Å². The molecule has 0 aliphatic heterocycles. The topological polar surface area (TPSA) is 94.4 Å². The molecule has 0 aliphatic carbocycles. The van der Waals surface area contributed by atoms with Crippen molar-refractivity contribution in [1.29, 1.82) is 5.26 Å². The first-order valence-electron chi connectivity index (χ1n) is 5.45. The number of fused-ring (bicyclic) bond motifs is 1. The molecule has 2 N–H and O–H groups in total. The van der Waals surface area contributed by atoms with Crippen molar-refractivity contribution in [3.05, 3.63) is 42.1 Å². The number of phenols is 2. The Labute approximate surface area is 107 Å². The molecule has 0 aliphatic rings. The fraction of sp³-hybridized carbons (Fsp3) is 0. The third kappa shape index (κ3) is 1.83. The lowest BCUT2D eigenvalue weighted by Crippen LogP contribution is -1.90. The second-order valence-electron chi connectivity index (χ2n) is 4.02. The minimum Gasteiger partial charge on any atom is -0.508 e. The Morgan fingerprint density at radius 2 is 1.79 bits per heavy atom. The Hall–Kier alpha value is -3.07. The molecule has 1 aromatic carbocycles. The van der Waals surface area contributed by atoms with Gasteiger partial charge in [-0.15, -0.1) is 10.2 Å². The third-order valence-electron chi connectivity index (χ3n) is 2.69. The Morgan fingerprint density at radius 1 is 1.05 bits per heavy atom. The van der Waals surface area contributed by atoms with Crippen molar-refractivity contribution in [2.24, 2.45) is 0 Å². The molecule has 2 aromatic heterocycles. The van der Waals surface area contributed by atoms with Crippen molar-refractivity contribution in [1.82, 2.24) is 14.6 Å². The number of benzene rings is 1. The zero-order valence-electron chi connectivity index (χ0n) is 9.65. The number of nitriles is 1. The molecule has 2 heterocycles. The molecule has 0 saturated heterocycles. The summed E-state index contributed by atoms with van der Waals surface area (Å²) in [5.41, 5.74) is 1.56. The number of aromatic hydroxyl groups is 2. The zero-order chi connectivity index (χ0) is 13.4. The summed E-state index contributed by atoms with van der Waals surface area (Å²) in [7, 11) is 0. The molecule has 0 bridgehead atoms. The number of phenolic OH excluding ortho intramolecular Hbond substituents is 2. The van der Waals surface area contributed by atoms with E-state index >= 15 is 0 Å². The largest absolute Gasteiger partial charge is 0.508 e. The summed E-state index contributed by atoms with van der Waals surface area (Å²) in [5, 5.41) is 35.9. The molecule has 19 heavy (non-hydrogen) atoms. The average Bonchev–Trinajstić information content (AvgIpc) is 2.80. The summed E-state index contributed by atoms with van der Waals surface area (Å²) in [4.78, 5) is 0. The second kappa shape index (κ2) is 3.99. The molecule has 0 atom stereocenters. The van der Waals surface area contributed by atoms with Gasteiger partial charge in [-0.25, -0.2) is 0 Å². The summed E-state index contributed by atoms with van der Waals surface area (Å²) in [6.07, 6.45) is 1.60. The Balaban J connectivity index is 2.27. The predicted molar refractivity (Wildman–Crippen MR) is 66.5 cm³/mol. The van der Waals surface area contributed by atoms with Crippen LogP contribution in [-0.2, 0) is 0 Å². The minimum absolute atomic E-state index is 0.0665.